The molecular weight excluding hydrogens is 242 g/mol. The number of nitrogens with zero attached hydrogens (tertiary/aromatic N) is 3. The molecule has 106 valence electrons. The van der Waals surface area contributed by atoms with Gasteiger partial charge in [0.25, 0.3) is 0 Å². The summed E-state index contributed by atoms with van der Waals surface area (Å²) >= 11 is 0. The van der Waals surface area contributed by atoms with E-state index in [0.717, 1.165) is 11.4 Å². The van der Waals surface area contributed by atoms with Crippen LogP contribution in [-0.4, -0.2) is 32.7 Å². The standard InChI is InChI=1S/C14H23N3O2/c1-13(2,3)19-12(18)17-7-10-11(14(4,5)8-17)15-9-16(10)6/h9H,7-8H2,1-6H3. The molecule has 1 aliphatic rings. The number of hydrogen-bond donors (Lipinski definition) is 0. The molecule has 0 bridgehead atoms. The lowest BCUT2D eigenvalue weighted by Gasteiger charge is -2.38. The summed E-state index contributed by atoms with van der Waals surface area (Å²) < 4.78 is 7.44. The highest BCUT2D eigenvalue weighted by Gasteiger charge is 2.38. The van der Waals surface area contributed by atoms with Crippen molar-refractivity contribution in [1.82, 2.24) is 14.5 Å². The maximum atomic E-state index is 12.2. The number of fused-ring (bicyclic) bond motifs is 1. The number of carbonyl (C=O) groups excluding carboxylic acids is 1. The molecule has 2 heterocycles. The SMILES string of the molecule is Cn1cnc2c1CN(C(=O)OC(C)(C)C)CC2(C)C. The molecule has 0 spiro atoms. The summed E-state index contributed by atoms with van der Waals surface area (Å²) in [5.41, 5.74) is 1.55. The van der Waals surface area contributed by atoms with Crippen LogP contribution in [0.2, 0.25) is 0 Å². The Morgan fingerprint density at radius 3 is 2.63 bits per heavy atom. The van der Waals surface area contributed by atoms with Crippen LogP contribution in [0.4, 0.5) is 4.79 Å². The summed E-state index contributed by atoms with van der Waals surface area (Å²) in [6.45, 7) is 11.1. The van der Waals surface area contributed by atoms with Gasteiger partial charge in [0.1, 0.15) is 5.60 Å². The van der Waals surface area contributed by atoms with E-state index in [-0.39, 0.29) is 11.5 Å². The number of amides is 1. The van der Waals surface area contributed by atoms with Crippen molar-refractivity contribution in [3.63, 3.8) is 0 Å². The lowest BCUT2D eigenvalue weighted by atomic mass is 9.84. The summed E-state index contributed by atoms with van der Waals surface area (Å²) in [5, 5.41) is 0. The molecule has 0 aromatic carbocycles. The maximum Gasteiger partial charge on any atom is 0.410 e. The largest absolute Gasteiger partial charge is 0.444 e. The van der Waals surface area contributed by atoms with E-state index in [1.807, 2.05) is 38.7 Å². The Bertz CT molecular complexity index is 497. The van der Waals surface area contributed by atoms with E-state index < -0.39 is 5.60 Å². The van der Waals surface area contributed by atoms with Gasteiger partial charge in [-0.1, -0.05) is 13.8 Å². The van der Waals surface area contributed by atoms with Crippen molar-refractivity contribution in [2.75, 3.05) is 6.54 Å². The van der Waals surface area contributed by atoms with Crippen molar-refractivity contribution in [3.8, 4) is 0 Å². The molecule has 0 radical (unpaired) electrons. The normalized spacial score (nSPS) is 18.1. The van der Waals surface area contributed by atoms with E-state index in [4.69, 9.17) is 4.74 Å². The molecular formula is C14H23N3O2. The Morgan fingerprint density at radius 2 is 2.05 bits per heavy atom. The van der Waals surface area contributed by atoms with E-state index in [1.54, 1.807) is 4.90 Å². The Kier molecular flexibility index (Phi) is 3.11. The third-order valence-electron chi connectivity index (χ3n) is 3.28. The Hall–Kier alpha value is -1.52. The first-order chi connectivity index (χ1) is 8.60. The third kappa shape index (κ3) is 2.74. The maximum absolute atomic E-state index is 12.2. The van der Waals surface area contributed by atoms with E-state index >= 15 is 0 Å². The van der Waals surface area contributed by atoms with Gasteiger partial charge in [-0.05, 0) is 20.8 Å². The first-order valence-corrected chi connectivity index (χ1v) is 6.59. The van der Waals surface area contributed by atoms with Gasteiger partial charge in [-0.3, -0.25) is 0 Å². The Labute approximate surface area is 114 Å². The van der Waals surface area contributed by atoms with Crippen LogP contribution in [0.3, 0.4) is 0 Å². The predicted octanol–water partition coefficient (Wildman–Crippen LogP) is 2.45. The number of carbonyl (C=O) groups is 1. The monoisotopic (exact) mass is 265 g/mol. The molecule has 0 saturated carbocycles. The van der Waals surface area contributed by atoms with E-state index in [2.05, 4.69) is 18.8 Å². The molecule has 5 nitrogen and oxygen atoms in total. The molecule has 0 aliphatic carbocycles. The number of imidazole rings is 1. The quantitative estimate of drug-likeness (QED) is 0.724. The molecule has 5 heteroatoms. The smallest absolute Gasteiger partial charge is 0.410 e. The Morgan fingerprint density at radius 1 is 1.42 bits per heavy atom. The van der Waals surface area contributed by atoms with Gasteiger partial charge < -0.3 is 14.2 Å². The lowest BCUT2D eigenvalue weighted by Crippen LogP contribution is -2.47. The van der Waals surface area contributed by atoms with Crippen LogP contribution in [-0.2, 0) is 23.7 Å². The van der Waals surface area contributed by atoms with Crippen molar-refractivity contribution in [1.29, 1.82) is 0 Å². The molecule has 0 fully saturated rings. The fraction of sp³-hybridized carbons (Fsp3) is 0.714. The van der Waals surface area contributed by atoms with Gasteiger partial charge in [0.05, 0.1) is 24.3 Å². The predicted molar refractivity (Wildman–Crippen MR) is 72.9 cm³/mol. The summed E-state index contributed by atoms with van der Waals surface area (Å²) in [4.78, 5) is 18.4. The van der Waals surface area contributed by atoms with Gasteiger partial charge in [0, 0.05) is 19.0 Å². The molecule has 1 aliphatic heterocycles. The summed E-state index contributed by atoms with van der Waals surface area (Å²) in [6, 6.07) is 0. The first-order valence-electron chi connectivity index (χ1n) is 6.59. The lowest BCUT2D eigenvalue weighted by molar-refractivity contribution is 0.0167. The van der Waals surface area contributed by atoms with E-state index in [0.29, 0.717) is 13.1 Å². The van der Waals surface area contributed by atoms with Crippen molar-refractivity contribution in [3.05, 3.63) is 17.7 Å². The van der Waals surface area contributed by atoms with Crippen molar-refractivity contribution in [2.45, 2.75) is 52.2 Å². The highest BCUT2D eigenvalue weighted by Crippen LogP contribution is 2.32. The molecule has 0 N–H and O–H groups in total. The number of rotatable bonds is 0. The molecule has 1 aromatic heterocycles. The van der Waals surface area contributed by atoms with Crippen LogP contribution < -0.4 is 0 Å². The minimum absolute atomic E-state index is 0.147. The van der Waals surface area contributed by atoms with Gasteiger partial charge in [-0.25, -0.2) is 9.78 Å². The van der Waals surface area contributed by atoms with Crippen LogP contribution in [0.1, 0.15) is 46.0 Å². The fourth-order valence-corrected chi connectivity index (χ4v) is 2.45. The van der Waals surface area contributed by atoms with Crippen LogP contribution >= 0.6 is 0 Å². The van der Waals surface area contributed by atoms with Gasteiger partial charge >= 0.3 is 6.09 Å². The second-order valence-electron chi connectivity index (χ2n) is 6.87. The highest BCUT2D eigenvalue weighted by atomic mass is 16.6. The van der Waals surface area contributed by atoms with Crippen LogP contribution in [0.25, 0.3) is 0 Å². The molecule has 1 aromatic rings. The van der Waals surface area contributed by atoms with Crippen LogP contribution in [0, 0.1) is 0 Å². The summed E-state index contributed by atoms with van der Waals surface area (Å²) in [6.07, 6.45) is 1.55. The fourth-order valence-electron chi connectivity index (χ4n) is 2.45. The van der Waals surface area contributed by atoms with Gasteiger partial charge in [-0.15, -0.1) is 0 Å². The zero-order valence-corrected chi connectivity index (χ0v) is 12.6. The van der Waals surface area contributed by atoms with Crippen LogP contribution in [0.5, 0.6) is 0 Å². The number of aryl methyl sites for hydroxylation is 1. The van der Waals surface area contributed by atoms with Crippen molar-refractivity contribution < 1.29 is 9.53 Å². The Balaban J connectivity index is 2.24. The minimum atomic E-state index is -0.464. The molecule has 0 saturated heterocycles. The zero-order chi connectivity index (χ0) is 14.4. The van der Waals surface area contributed by atoms with E-state index in [9.17, 15) is 4.79 Å². The van der Waals surface area contributed by atoms with Gasteiger partial charge in [-0.2, -0.15) is 0 Å². The van der Waals surface area contributed by atoms with Crippen molar-refractivity contribution >= 4 is 6.09 Å². The summed E-state index contributed by atoms with van der Waals surface area (Å²) in [5.74, 6) is 0. The molecule has 19 heavy (non-hydrogen) atoms. The molecule has 1 amide bonds. The zero-order valence-electron chi connectivity index (χ0n) is 12.6. The summed E-state index contributed by atoms with van der Waals surface area (Å²) in [7, 11) is 1.96. The number of aromatic nitrogens is 2. The molecule has 0 atom stereocenters. The van der Waals surface area contributed by atoms with Gasteiger partial charge in [0.15, 0.2) is 0 Å². The van der Waals surface area contributed by atoms with Crippen molar-refractivity contribution in [2.24, 2.45) is 7.05 Å². The first kappa shape index (κ1) is 13.9. The van der Waals surface area contributed by atoms with E-state index in [1.165, 1.54) is 0 Å². The number of hydrogen-bond acceptors (Lipinski definition) is 3. The second kappa shape index (κ2) is 4.25. The minimum Gasteiger partial charge on any atom is -0.444 e. The average molecular weight is 265 g/mol. The molecule has 0 unspecified atom stereocenters. The van der Waals surface area contributed by atoms with Gasteiger partial charge in [0.2, 0.25) is 0 Å². The number of ether oxygens (including phenoxy) is 1. The molecule has 2 rings (SSSR count). The van der Waals surface area contributed by atoms with Crippen LogP contribution in [0.15, 0.2) is 6.33 Å². The average Bonchev–Trinajstić information content (AvgIpc) is 2.58. The topological polar surface area (TPSA) is 47.4 Å². The third-order valence-corrected chi connectivity index (χ3v) is 3.28. The second-order valence-corrected chi connectivity index (χ2v) is 6.87. The highest BCUT2D eigenvalue weighted by molar-refractivity contribution is 5.68.